The van der Waals surface area contributed by atoms with Gasteiger partial charge < -0.3 is 10.2 Å². The van der Waals surface area contributed by atoms with E-state index in [1.807, 2.05) is 50.2 Å². The van der Waals surface area contributed by atoms with E-state index in [0.29, 0.717) is 19.6 Å². The maximum atomic E-state index is 12.6. The first kappa shape index (κ1) is 19.8. The zero-order valence-corrected chi connectivity index (χ0v) is 18.1. The van der Waals surface area contributed by atoms with Crippen LogP contribution in [0, 0.1) is 19.8 Å². The number of carbonyl (C=O) groups excluding carboxylic acids is 2. The third-order valence-corrected chi connectivity index (χ3v) is 6.93. The quantitative estimate of drug-likeness (QED) is 0.645. The van der Waals surface area contributed by atoms with E-state index in [9.17, 15) is 9.59 Å². The first-order valence-electron chi connectivity index (χ1n) is 9.60. The average molecular weight is 426 g/mol. The molecule has 1 aliphatic heterocycles. The smallest absolute Gasteiger partial charge is 0.225 e. The molecule has 29 heavy (non-hydrogen) atoms. The predicted molar refractivity (Wildman–Crippen MR) is 117 cm³/mol. The van der Waals surface area contributed by atoms with Crippen molar-refractivity contribution in [3.8, 4) is 10.6 Å². The lowest BCUT2D eigenvalue weighted by Crippen LogP contribution is -2.32. The Morgan fingerprint density at radius 2 is 2.00 bits per heavy atom. The second-order valence-electron chi connectivity index (χ2n) is 7.40. The highest BCUT2D eigenvalue weighted by Gasteiger charge is 2.34. The van der Waals surface area contributed by atoms with Gasteiger partial charge in [0.2, 0.25) is 11.8 Å². The molecule has 3 heterocycles. The third kappa shape index (κ3) is 4.74. The van der Waals surface area contributed by atoms with Crippen LogP contribution in [-0.4, -0.2) is 28.2 Å². The van der Waals surface area contributed by atoms with Gasteiger partial charge in [0.05, 0.1) is 28.0 Å². The van der Waals surface area contributed by atoms with Crippen molar-refractivity contribution in [3.63, 3.8) is 0 Å². The summed E-state index contributed by atoms with van der Waals surface area (Å²) in [5, 5.41) is 6.10. The molecule has 0 aliphatic carbocycles. The van der Waals surface area contributed by atoms with E-state index >= 15 is 0 Å². The van der Waals surface area contributed by atoms with E-state index in [-0.39, 0.29) is 24.2 Å². The van der Waals surface area contributed by atoms with Crippen LogP contribution in [0.5, 0.6) is 0 Å². The van der Waals surface area contributed by atoms with Crippen LogP contribution < -0.4 is 5.32 Å². The van der Waals surface area contributed by atoms with Gasteiger partial charge in [0.15, 0.2) is 0 Å². The summed E-state index contributed by atoms with van der Waals surface area (Å²) in [6.45, 7) is 5.55. The molecule has 1 saturated heterocycles. The monoisotopic (exact) mass is 425 g/mol. The molecule has 1 aliphatic rings. The van der Waals surface area contributed by atoms with Gasteiger partial charge in [-0.2, -0.15) is 0 Å². The number of thiazole rings is 1. The van der Waals surface area contributed by atoms with Gasteiger partial charge in [0.1, 0.15) is 0 Å². The first-order valence-corrected chi connectivity index (χ1v) is 11.3. The Morgan fingerprint density at radius 3 is 2.72 bits per heavy atom. The number of aromatic nitrogens is 1. The van der Waals surface area contributed by atoms with E-state index in [0.717, 1.165) is 26.0 Å². The number of hydrogen-bond donors (Lipinski definition) is 1. The van der Waals surface area contributed by atoms with Gasteiger partial charge in [-0.15, -0.1) is 22.7 Å². The van der Waals surface area contributed by atoms with Crippen LogP contribution in [0.1, 0.15) is 27.4 Å². The van der Waals surface area contributed by atoms with Gasteiger partial charge in [0, 0.05) is 29.8 Å². The molecule has 5 nitrogen and oxygen atoms in total. The van der Waals surface area contributed by atoms with Gasteiger partial charge in [-0.25, -0.2) is 4.98 Å². The molecular formula is C22H23N3O2S2. The summed E-state index contributed by atoms with van der Waals surface area (Å²) in [5.41, 5.74) is 3.28. The minimum absolute atomic E-state index is 0.0445. The number of benzene rings is 1. The molecule has 2 amide bonds. The molecule has 1 N–H and O–H groups in total. The van der Waals surface area contributed by atoms with Crippen LogP contribution in [0.15, 0.2) is 41.8 Å². The molecule has 3 aromatic rings. The molecule has 1 fully saturated rings. The maximum absolute atomic E-state index is 12.6. The molecular weight excluding hydrogens is 402 g/mol. The second-order valence-corrected chi connectivity index (χ2v) is 9.63. The van der Waals surface area contributed by atoms with Gasteiger partial charge in [-0.3, -0.25) is 9.59 Å². The van der Waals surface area contributed by atoms with Gasteiger partial charge >= 0.3 is 0 Å². The van der Waals surface area contributed by atoms with Crippen LogP contribution >= 0.6 is 22.7 Å². The summed E-state index contributed by atoms with van der Waals surface area (Å²) in [7, 11) is 0. The number of nitrogens with zero attached hydrogens (tertiary/aromatic N) is 2. The zero-order valence-electron chi connectivity index (χ0n) is 16.5. The minimum atomic E-state index is -0.284. The lowest BCUT2D eigenvalue weighted by Gasteiger charge is -2.16. The van der Waals surface area contributed by atoms with Crippen molar-refractivity contribution in [1.82, 2.24) is 15.2 Å². The summed E-state index contributed by atoms with van der Waals surface area (Å²) in [6, 6.07) is 12.2. The number of thiophene rings is 1. The summed E-state index contributed by atoms with van der Waals surface area (Å²) >= 11 is 3.27. The Labute approximate surface area is 178 Å². The average Bonchev–Trinajstić information content (AvgIpc) is 3.42. The topological polar surface area (TPSA) is 62.3 Å². The Morgan fingerprint density at radius 1 is 1.21 bits per heavy atom. The molecule has 4 rings (SSSR count). The van der Waals surface area contributed by atoms with E-state index in [1.54, 1.807) is 27.6 Å². The minimum Gasteiger partial charge on any atom is -0.351 e. The second kappa shape index (κ2) is 8.47. The number of nitrogens with one attached hydrogen (secondary N) is 1. The van der Waals surface area contributed by atoms with Gasteiger partial charge in [0.25, 0.3) is 0 Å². The molecule has 7 heteroatoms. The summed E-state index contributed by atoms with van der Waals surface area (Å²) in [4.78, 5) is 33.4. The van der Waals surface area contributed by atoms with E-state index in [1.165, 1.54) is 5.56 Å². The number of carbonyl (C=O) groups is 2. The molecule has 150 valence electrons. The molecule has 1 atom stereocenters. The zero-order chi connectivity index (χ0) is 20.4. The number of aryl methyl sites for hydroxylation is 2. The van der Waals surface area contributed by atoms with Crippen molar-refractivity contribution in [1.29, 1.82) is 0 Å². The number of rotatable bonds is 6. The Bertz CT molecular complexity index is 1020. The van der Waals surface area contributed by atoms with Crippen molar-refractivity contribution in [2.75, 3.05) is 6.54 Å². The Balaban J connectivity index is 1.30. The lowest BCUT2D eigenvalue weighted by molar-refractivity contribution is -0.129. The van der Waals surface area contributed by atoms with Crippen molar-refractivity contribution in [2.24, 2.45) is 5.92 Å². The van der Waals surface area contributed by atoms with Gasteiger partial charge in [-0.1, -0.05) is 29.8 Å². The van der Waals surface area contributed by atoms with Crippen LogP contribution in [0.2, 0.25) is 0 Å². The fourth-order valence-electron chi connectivity index (χ4n) is 3.42. The highest BCUT2D eigenvalue weighted by Crippen LogP contribution is 2.29. The summed E-state index contributed by atoms with van der Waals surface area (Å²) in [6.07, 6.45) is 0.283. The van der Waals surface area contributed by atoms with Crippen molar-refractivity contribution in [2.45, 2.75) is 33.4 Å². The largest absolute Gasteiger partial charge is 0.351 e. The molecule has 0 saturated carbocycles. The number of likely N-dealkylation sites (tertiary alicyclic amines) is 1. The van der Waals surface area contributed by atoms with Crippen molar-refractivity contribution >= 4 is 34.5 Å². The molecule has 0 bridgehead atoms. The van der Waals surface area contributed by atoms with Crippen LogP contribution in [-0.2, 0) is 22.7 Å². The summed E-state index contributed by atoms with van der Waals surface area (Å²) < 4.78 is 0. The van der Waals surface area contributed by atoms with E-state index < -0.39 is 0 Å². The van der Waals surface area contributed by atoms with E-state index in [2.05, 4.69) is 15.7 Å². The SMILES string of the molecule is Cc1ccc(CN2CC(C(=O)NCc3ccc(-c4csc(C)n4)s3)CC2=O)cc1. The Hall–Kier alpha value is -2.51. The highest BCUT2D eigenvalue weighted by molar-refractivity contribution is 7.16. The predicted octanol–water partition coefficient (Wildman–Crippen LogP) is 4.15. The lowest BCUT2D eigenvalue weighted by atomic mass is 10.1. The van der Waals surface area contributed by atoms with Crippen molar-refractivity contribution in [3.05, 3.63) is 62.8 Å². The summed E-state index contributed by atoms with van der Waals surface area (Å²) in [5.74, 6) is -0.291. The first-order chi connectivity index (χ1) is 14.0. The van der Waals surface area contributed by atoms with Gasteiger partial charge in [-0.05, 0) is 31.5 Å². The fraction of sp³-hybridized carbons (Fsp3) is 0.318. The molecule has 0 radical (unpaired) electrons. The molecule has 2 aromatic heterocycles. The molecule has 1 unspecified atom stereocenters. The normalized spacial score (nSPS) is 16.4. The molecule has 0 spiro atoms. The van der Waals surface area contributed by atoms with Crippen LogP contribution in [0.4, 0.5) is 0 Å². The third-order valence-electron chi connectivity index (χ3n) is 5.05. The van der Waals surface area contributed by atoms with Crippen LogP contribution in [0.3, 0.4) is 0 Å². The Kier molecular flexibility index (Phi) is 5.78. The highest BCUT2D eigenvalue weighted by atomic mass is 32.1. The standard InChI is InChI=1S/C22H23N3O2S2/c1-14-3-5-16(6-4-14)11-25-12-17(9-21(25)26)22(27)23-10-18-7-8-20(29-18)19-13-28-15(2)24-19/h3-8,13,17H,9-12H2,1-2H3,(H,23,27). The van der Waals surface area contributed by atoms with Crippen molar-refractivity contribution < 1.29 is 9.59 Å². The number of hydrogen-bond acceptors (Lipinski definition) is 5. The number of amides is 2. The molecule has 1 aromatic carbocycles. The van der Waals surface area contributed by atoms with E-state index in [4.69, 9.17) is 0 Å². The van der Waals surface area contributed by atoms with Crippen LogP contribution in [0.25, 0.3) is 10.6 Å². The fourth-order valence-corrected chi connectivity index (χ4v) is 5.02. The maximum Gasteiger partial charge on any atom is 0.225 e.